The lowest BCUT2D eigenvalue weighted by molar-refractivity contribution is -0.296. The Balaban J connectivity index is 2.88. The van der Waals surface area contributed by atoms with E-state index in [9.17, 15) is 31.1 Å². The van der Waals surface area contributed by atoms with E-state index in [4.69, 9.17) is 0 Å². The normalized spacial score (nSPS) is 23.4. The minimum absolute atomic E-state index is 0.581. The van der Waals surface area contributed by atoms with Crippen LogP contribution in [0, 0.1) is 11.8 Å². The van der Waals surface area contributed by atoms with Gasteiger partial charge in [-0.2, -0.15) is 26.3 Å². The van der Waals surface area contributed by atoms with Crippen LogP contribution in [0.3, 0.4) is 0 Å². The van der Waals surface area contributed by atoms with Gasteiger partial charge in [0, 0.05) is 18.9 Å². The van der Waals surface area contributed by atoms with Crippen molar-refractivity contribution in [3.63, 3.8) is 0 Å². The van der Waals surface area contributed by atoms with Crippen molar-refractivity contribution >= 4 is 5.91 Å². The number of halogens is 6. The largest absolute Gasteiger partial charge is 0.400 e. The molecule has 1 aliphatic rings. The van der Waals surface area contributed by atoms with Crippen molar-refractivity contribution < 1.29 is 31.1 Å². The van der Waals surface area contributed by atoms with Crippen LogP contribution in [-0.2, 0) is 4.79 Å². The molecule has 1 atom stereocenters. The second-order valence-electron chi connectivity index (χ2n) is 3.33. The molecule has 0 aromatic rings. The van der Waals surface area contributed by atoms with Gasteiger partial charge < -0.3 is 5.32 Å². The Morgan fingerprint density at radius 3 is 1.87 bits per heavy atom. The maximum Gasteiger partial charge on any atom is 0.400 e. The van der Waals surface area contributed by atoms with Gasteiger partial charge in [-0.15, -0.1) is 0 Å². The Labute approximate surface area is 80.6 Å². The molecule has 8 heteroatoms. The van der Waals surface area contributed by atoms with Gasteiger partial charge in [-0.1, -0.05) is 0 Å². The molecular formula is C7H7F6NO. The summed E-state index contributed by atoms with van der Waals surface area (Å²) >= 11 is 0. The summed E-state index contributed by atoms with van der Waals surface area (Å²) in [6.07, 6.45) is -11.5. The number of nitrogens with one attached hydrogen (secondary N) is 1. The van der Waals surface area contributed by atoms with Crippen LogP contribution in [0.4, 0.5) is 26.3 Å². The molecule has 1 saturated heterocycles. The first-order chi connectivity index (χ1) is 6.62. The zero-order chi connectivity index (χ0) is 11.9. The van der Waals surface area contributed by atoms with Crippen LogP contribution in [-0.4, -0.2) is 24.8 Å². The molecule has 0 aromatic carbocycles. The Morgan fingerprint density at radius 1 is 1.13 bits per heavy atom. The number of rotatable bonds is 1. The van der Waals surface area contributed by atoms with Gasteiger partial charge in [-0.25, -0.2) is 0 Å². The van der Waals surface area contributed by atoms with E-state index in [2.05, 4.69) is 0 Å². The SMILES string of the molecule is O=C1CC(C(C(F)(F)F)C(F)(F)F)CN1. The summed E-state index contributed by atoms with van der Waals surface area (Å²) < 4.78 is 72.8. The third kappa shape index (κ3) is 2.75. The average molecular weight is 235 g/mol. The van der Waals surface area contributed by atoms with E-state index >= 15 is 0 Å². The first-order valence-corrected chi connectivity index (χ1v) is 4.02. The summed E-state index contributed by atoms with van der Waals surface area (Å²) in [7, 11) is 0. The lowest BCUT2D eigenvalue weighted by Gasteiger charge is -2.26. The van der Waals surface area contributed by atoms with Gasteiger partial charge in [0.15, 0.2) is 5.92 Å². The highest BCUT2D eigenvalue weighted by molar-refractivity contribution is 5.78. The lowest BCUT2D eigenvalue weighted by atomic mass is 9.90. The monoisotopic (exact) mass is 235 g/mol. The van der Waals surface area contributed by atoms with Crippen LogP contribution in [0.5, 0.6) is 0 Å². The van der Waals surface area contributed by atoms with Crippen LogP contribution in [0.2, 0.25) is 0 Å². The van der Waals surface area contributed by atoms with Crippen LogP contribution in [0.25, 0.3) is 0 Å². The summed E-state index contributed by atoms with van der Waals surface area (Å²) in [5.41, 5.74) is 0. The minimum Gasteiger partial charge on any atom is -0.356 e. The fourth-order valence-corrected chi connectivity index (χ4v) is 1.58. The smallest absolute Gasteiger partial charge is 0.356 e. The second-order valence-corrected chi connectivity index (χ2v) is 3.33. The van der Waals surface area contributed by atoms with E-state index in [-0.39, 0.29) is 0 Å². The third-order valence-electron chi connectivity index (χ3n) is 2.19. The molecule has 15 heavy (non-hydrogen) atoms. The third-order valence-corrected chi connectivity index (χ3v) is 2.19. The molecule has 0 radical (unpaired) electrons. The van der Waals surface area contributed by atoms with Crippen LogP contribution < -0.4 is 5.32 Å². The lowest BCUT2D eigenvalue weighted by Crippen LogP contribution is -2.42. The Hall–Kier alpha value is -0.950. The number of carbonyl (C=O) groups excluding carboxylic acids is 1. The number of amides is 1. The van der Waals surface area contributed by atoms with Gasteiger partial charge in [0.1, 0.15) is 0 Å². The van der Waals surface area contributed by atoms with E-state index in [0.29, 0.717) is 0 Å². The zero-order valence-corrected chi connectivity index (χ0v) is 7.24. The highest BCUT2D eigenvalue weighted by atomic mass is 19.4. The van der Waals surface area contributed by atoms with Gasteiger partial charge >= 0.3 is 12.4 Å². The summed E-state index contributed by atoms with van der Waals surface area (Å²) in [6, 6.07) is 0. The van der Waals surface area contributed by atoms with E-state index in [1.165, 1.54) is 0 Å². The molecule has 2 nitrogen and oxygen atoms in total. The molecule has 1 rings (SSSR count). The van der Waals surface area contributed by atoms with Crippen molar-refractivity contribution in [1.82, 2.24) is 5.32 Å². The predicted octanol–water partition coefficient (Wildman–Crippen LogP) is 1.86. The van der Waals surface area contributed by atoms with E-state index in [1.54, 1.807) is 0 Å². The fourth-order valence-electron chi connectivity index (χ4n) is 1.58. The maximum absolute atomic E-state index is 12.1. The van der Waals surface area contributed by atoms with Gasteiger partial charge in [0.25, 0.3) is 0 Å². The van der Waals surface area contributed by atoms with Crippen LogP contribution >= 0.6 is 0 Å². The van der Waals surface area contributed by atoms with Crippen molar-refractivity contribution in [3.8, 4) is 0 Å². The highest BCUT2D eigenvalue weighted by Gasteiger charge is 2.60. The predicted molar refractivity (Wildman–Crippen MR) is 36.7 cm³/mol. The van der Waals surface area contributed by atoms with Crippen molar-refractivity contribution in [3.05, 3.63) is 0 Å². The highest BCUT2D eigenvalue weighted by Crippen LogP contribution is 2.45. The molecule has 1 unspecified atom stereocenters. The van der Waals surface area contributed by atoms with Crippen molar-refractivity contribution in [2.45, 2.75) is 18.8 Å². The summed E-state index contributed by atoms with van der Waals surface area (Å²) in [4.78, 5) is 10.6. The van der Waals surface area contributed by atoms with Gasteiger partial charge in [-0.05, 0) is 0 Å². The molecule has 0 aromatic heterocycles. The molecule has 1 fully saturated rings. The fraction of sp³-hybridized carbons (Fsp3) is 0.857. The number of alkyl halides is 6. The molecule has 1 N–H and O–H groups in total. The molecule has 0 spiro atoms. The summed E-state index contributed by atoms with van der Waals surface area (Å²) in [6.45, 7) is -0.581. The Kier molecular flexibility index (Phi) is 2.88. The number of hydrogen-bond acceptors (Lipinski definition) is 1. The van der Waals surface area contributed by atoms with E-state index in [1.807, 2.05) is 5.32 Å². The quantitative estimate of drug-likeness (QED) is 0.690. The van der Waals surface area contributed by atoms with Gasteiger partial charge in [0.05, 0.1) is 0 Å². The molecule has 1 heterocycles. The molecule has 0 bridgehead atoms. The summed E-state index contributed by atoms with van der Waals surface area (Å²) in [5, 5.41) is 1.96. The van der Waals surface area contributed by atoms with Gasteiger partial charge in [-0.3, -0.25) is 4.79 Å². The van der Waals surface area contributed by atoms with Gasteiger partial charge in [0.2, 0.25) is 5.91 Å². The Bertz CT molecular complexity index is 243. The van der Waals surface area contributed by atoms with Crippen molar-refractivity contribution in [1.29, 1.82) is 0 Å². The second kappa shape index (κ2) is 3.57. The first-order valence-electron chi connectivity index (χ1n) is 4.02. The number of carbonyl (C=O) groups is 1. The van der Waals surface area contributed by atoms with E-state index in [0.717, 1.165) is 0 Å². The standard InChI is InChI=1S/C7H7F6NO/c8-6(9,10)5(7(11,12)13)3-1-4(15)14-2-3/h3,5H,1-2H2,(H,14,15). The average Bonchev–Trinajstić information content (AvgIpc) is 2.28. The maximum atomic E-state index is 12.1. The Morgan fingerprint density at radius 2 is 1.60 bits per heavy atom. The van der Waals surface area contributed by atoms with Crippen molar-refractivity contribution in [2.24, 2.45) is 11.8 Å². The van der Waals surface area contributed by atoms with E-state index < -0.39 is 43.1 Å². The first kappa shape index (κ1) is 12.1. The van der Waals surface area contributed by atoms with Crippen LogP contribution in [0.15, 0.2) is 0 Å². The molecule has 0 saturated carbocycles. The molecule has 0 aliphatic carbocycles. The minimum atomic E-state index is -5.37. The molecule has 1 amide bonds. The topological polar surface area (TPSA) is 29.1 Å². The summed E-state index contributed by atoms with van der Waals surface area (Å²) in [5.74, 6) is -5.96. The molecule has 88 valence electrons. The zero-order valence-electron chi connectivity index (χ0n) is 7.24. The molecular weight excluding hydrogens is 228 g/mol. The molecule has 1 aliphatic heterocycles. The van der Waals surface area contributed by atoms with Crippen molar-refractivity contribution in [2.75, 3.05) is 6.54 Å². The van der Waals surface area contributed by atoms with Crippen LogP contribution in [0.1, 0.15) is 6.42 Å². The number of hydrogen-bond donors (Lipinski definition) is 1.